The second-order valence-electron chi connectivity index (χ2n) is 7.81. The molecule has 2 amide bonds. The molecule has 0 N–H and O–H groups in total. The van der Waals surface area contributed by atoms with E-state index in [1.165, 1.54) is 4.90 Å². The first-order valence-electron chi connectivity index (χ1n) is 10.3. The normalized spacial score (nSPS) is 16.2. The average molecular weight is 429 g/mol. The number of fused-ring (bicyclic) bond motifs is 3. The lowest BCUT2D eigenvalue weighted by Crippen LogP contribution is -2.49. The number of rotatable bonds is 5. The van der Waals surface area contributed by atoms with Crippen molar-refractivity contribution in [1.29, 1.82) is 0 Å². The summed E-state index contributed by atoms with van der Waals surface area (Å²) in [6.45, 7) is 3.96. The van der Waals surface area contributed by atoms with Crippen LogP contribution in [0.4, 0.5) is 0 Å². The maximum absolute atomic E-state index is 13.7. The molecular weight excluding hydrogens is 400 g/mol. The van der Waals surface area contributed by atoms with Crippen LogP contribution in [-0.2, 0) is 22.3 Å². The number of nitrogens with zero attached hydrogens (tertiary/aromatic N) is 4. The summed E-state index contributed by atoms with van der Waals surface area (Å²) in [5, 5.41) is 4.66. The summed E-state index contributed by atoms with van der Waals surface area (Å²) < 4.78 is 7.13. The summed E-state index contributed by atoms with van der Waals surface area (Å²) in [6.07, 6.45) is 1.56. The molecule has 0 saturated carbocycles. The lowest BCUT2D eigenvalue weighted by Gasteiger charge is -2.38. The van der Waals surface area contributed by atoms with Crippen LogP contribution < -0.4 is 0 Å². The van der Waals surface area contributed by atoms with E-state index in [0.29, 0.717) is 31.9 Å². The van der Waals surface area contributed by atoms with Crippen molar-refractivity contribution in [3.05, 3.63) is 35.5 Å². The van der Waals surface area contributed by atoms with Gasteiger partial charge < -0.3 is 14.5 Å². The van der Waals surface area contributed by atoms with Crippen LogP contribution in [0.25, 0.3) is 11.3 Å². The molecule has 30 heavy (non-hydrogen) atoms. The number of methoxy groups -OCH3 is 1. The summed E-state index contributed by atoms with van der Waals surface area (Å²) >= 11 is 1.75. The first-order valence-corrected chi connectivity index (χ1v) is 11.3. The van der Waals surface area contributed by atoms with Crippen LogP contribution in [0.1, 0.15) is 35.8 Å². The number of carbonyl (C=O) groups excluding carboxylic acids is 2. The van der Waals surface area contributed by atoms with Crippen LogP contribution in [-0.4, -0.2) is 70.8 Å². The van der Waals surface area contributed by atoms with E-state index in [2.05, 4.69) is 17.2 Å². The Morgan fingerprint density at radius 1 is 1.27 bits per heavy atom. The van der Waals surface area contributed by atoms with Crippen molar-refractivity contribution in [2.75, 3.05) is 33.4 Å². The largest absolute Gasteiger partial charge is 0.383 e. The highest BCUT2D eigenvalue weighted by molar-refractivity contribution is 7.98. The van der Waals surface area contributed by atoms with Crippen molar-refractivity contribution in [2.45, 2.75) is 36.5 Å². The molecule has 1 aromatic carbocycles. The van der Waals surface area contributed by atoms with E-state index in [0.717, 1.165) is 35.4 Å². The maximum atomic E-state index is 13.7. The Labute approximate surface area is 181 Å². The van der Waals surface area contributed by atoms with Crippen LogP contribution >= 0.6 is 11.8 Å². The molecule has 0 atom stereocenters. The van der Waals surface area contributed by atoms with Gasteiger partial charge in [0.15, 0.2) is 5.69 Å². The maximum Gasteiger partial charge on any atom is 0.275 e. The predicted molar refractivity (Wildman–Crippen MR) is 116 cm³/mol. The van der Waals surface area contributed by atoms with Crippen LogP contribution in [0.15, 0.2) is 29.2 Å². The second-order valence-corrected chi connectivity index (χ2v) is 8.83. The zero-order valence-corrected chi connectivity index (χ0v) is 18.6. The number of amides is 2. The van der Waals surface area contributed by atoms with E-state index in [9.17, 15) is 9.59 Å². The van der Waals surface area contributed by atoms with Gasteiger partial charge in [0.25, 0.3) is 5.91 Å². The molecular formula is C22H28N4O3S. The summed E-state index contributed by atoms with van der Waals surface area (Å²) in [4.78, 5) is 30.3. The molecule has 4 rings (SSSR count). The van der Waals surface area contributed by atoms with Gasteiger partial charge in [0, 0.05) is 68.5 Å². The monoisotopic (exact) mass is 428 g/mol. The third-order valence-electron chi connectivity index (χ3n) is 6.01. The number of benzene rings is 1. The molecule has 7 nitrogen and oxygen atoms in total. The molecule has 160 valence electrons. The third-order valence-corrected chi connectivity index (χ3v) is 7.11. The topological polar surface area (TPSA) is 67.7 Å². The van der Waals surface area contributed by atoms with Crippen LogP contribution in [0.3, 0.4) is 0 Å². The minimum Gasteiger partial charge on any atom is -0.383 e. The summed E-state index contributed by atoms with van der Waals surface area (Å²) in [6, 6.07) is 8.36. The van der Waals surface area contributed by atoms with Crippen molar-refractivity contribution in [3.8, 4) is 11.3 Å². The fourth-order valence-electron chi connectivity index (χ4n) is 4.42. The van der Waals surface area contributed by atoms with Gasteiger partial charge in [0.1, 0.15) is 0 Å². The fourth-order valence-corrected chi connectivity index (χ4v) is 5.49. The number of likely N-dealkylation sites (tertiary alicyclic amines) is 1. The number of thioether (sulfide) groups is 1. The highest BCUT2D eigenvalue weighted by Crippen LogP contribution is 2.42. The number of hydrogen-bond acceptors (Lipinski definition) is 5. The van der Waals surface area contributed by atoms with Crippen molar-refractivity contribution in [1.82, 2.24) is 19.6 Å². The van der Waals surface area contributed by atoms with Gasteiger partial charge in [-0.05, 0) is 18.9 Å². The lowest BCUT2D eigenvalue weighted by molar-refractivity contribution is -0.130. The van der Waals surface area contributed by atoms with Gasteiger partial charge in [-0.2, -0.15) is 5.10 Å². The first-order chi connectivity index (χ1) is 14.5. The molecule has 1 saturated heterocycles. The first kappa shape index (κ1) is 20.9. The number of aromatic nitrogens is 2. The highest BCUT2D eigenvalue weighted by Gasteiger charge is 2.34. The molecule has 0 unspecified atom stereocenters. The minimum absolute atomic E-state index is 0.0369. The minimum atomic E-state index is -0.0369. The number of hydrogen-bond donors (Lipinski definition) is 0. The Bertz CT molecular complexity index is 950. The average Bonchev–Trinajstić information content (AvgIpc) is 3.11. The number of carbonyl (C=O) groups is 2. The van der Waals surface area contributed by atoms with E-state index in [1.807, 2.05) is 33.7 Å². The Morgan fingerprint density at radius 3 is 2.70 bits per heavy atom. The fraction of sp³-hybridized carbons (Fsp3) is 0.500. The Hall–Kier alpha value is -2.32. The molecule has 0 radical (unpaired) electrons. The Morgan fingerprint density at radius 2 is 2.00 bits per heavy atom. The molecule has 2 aliphatic heterocycles. The summed E-state index contributed by atoms with van der Waals surface area (Å²) in [5.74, 6) is 0.796. The SMILES string of the molecule is COCCN(C(=O)c1nn(C)c2c1CSc1ccccc1-2)C1CCN(C(C)=O)CC1. The molecule has 2 aromatic rings. The Kier molecular flexibility index (Phi) is 6.15. The van der Waals surface area contributed by atoms with E-state index >= 15 is 0 Å². The van der Waals surface area contributed by atoms with Crippen molar-refractivity contribution in [2.24, 2.45) is 7.05 Å². The quantitative estimate of drug-likeness (QED) is 0.733. The van der Waals surface area contributed by atoms with Crippen LogP contribution in [0.5, 0.6) is 0 Å². The van der Waals surface area contributed by atoms with Crippen molar-refractivity contribution >= 4 is 23.6 Å². The summed E-state index contributed by atoms with van der Waals surface area (Å²) in [5.41, 5.74) is 3.72. The van der Waals surface area contributed by atoms with Gasteiger partial charge in [0.05, 0.1) is 12.3 Å². The van der Waals surface area contributed by atoms with Gasteiger partial charge in [-0.15, -0.1) is 11.8 Å². The Balaban J connectivity index is 1.63. The van der Waals surface area contributed by atoms with E-state index in [4.69, 9.17) is 4.74 Å². The van der Waals surface area contributed by atoms with Gasteiger partial charge in [0.2, 0.25) is 5.91 Å². The zero-order chi connectivity index (χ0) is 21.3. The smallest absolute Gasteiger partial charge is 0.275 e. The van der Waals surface area contributed by atoms with Gasteiger partial charge in [-0.1, -0.05) is 18.2 Å². The van der Waals surface area contributed by atoms with Crippen molar-refractivity contribution < 1.29 is 14.3 Å². The zero-order valence-electron chi connectivity index (χ0n) is 17.8. The second kappa shape index (κ2) is 8.81. The van der Waals surface area contributed by atoms with Crippen LogP contribution in [0, 0.1) is 0 Å². The van der Waals surface area contributed by atoms with Crippen LogP contribution in [0.2, 0.25) is 0 Å². The highest BCUT2D eigenvalue weighted by atomic mass is 32.2. The standard InChI is InChI=1S/C22H28N4O3S/c1-15(27)25-10-8-16(9-11-25)26(12-13-29-3)22(28)20-18-14-30-19-7-5-4-6-17(19)21(18)24(2)23-20/h4-7,16H,8-14H2,1-3H3. The number of aryl methyl sites for hydroxylation is 1. The molecule has 0 spiro atoms. The third kappa shape index (κ3) is 3.86. The van der Waals surface area contributed by atoms with Crippen molar-refractivity contribution in [3.63, 3.8) is 0 Å². The molecule has 0 aliphatic carbocycles. The predicted octanol–water partition coefficient (Wildman–Crippen LogP) is 2.79. The van der Waals surface area contributed by atoms with E-state index in [-0.39, 0.29) is 17.9 Å². The molecule has 2 aliphatic rings. The van der Waals surface area contributed by atoms with E-state index < -0.39 is 0 Å². The van der Waals surface area contributed by atoms with E-state index in [1.54, 1.807) is 25.8 Å². The number of piperidine rings is 1. The van der Waals surface area contributed by atoms with Gasteiger partial charge in [-0.3, -0.25) is 14.3 Å². The molecule has 1 fully saturated rings. The molecule has 0 bridgehead atoms. The van der Waals surface area contributed by atoms with Gasteiger partial charge in [-0.25, -0.2) is 0 Å². The van der Waals surface area contributed by atoms with Gasteiger partial charge >= 0.3 is 0 Å². The molecule has 8 heteroatoms. The number of ether oxygens (including phenoxy) is 1. The summed E-state index contributed by atoms with van der Waals surface area (Å²) in [7, 11) is 3.56. The lowest BCUT2D eigenvalue weighted by atomic mass is 10.0. The molecule has 3 heterocycles. The molecule has 1 aromatic heterocycles.